The van der Waals surface area contributed by atoms with Crippen LogP contribution in [-0.4, -0.2) is 76.1 Å². The average molecular weight is 401 g/mol. The third-order valence-corrected chi connectivity index (χ3v) is 4.29. The van der Waals surface area contributed by atoms with Crippen LogP contribution in [0, 0.1) is 0 Å². The minimum atomic E-state index is -1.82. The number of carbonyl (C=O) groups excluding carboxylic acids is 1. The lowest BCUT2D eigenvalue weighted by Gasteiger charge is -2.34. The third-order valence-electron chi connectivity index (χ3n) is 4.29. The zero-order chi connectivity index (χ0) is 21.2. The van der Waals surface area contributed by atoms with E-state index in [1.54, 1.807) is 25.6 Å². The molecule has 2 heterocycles. The Morgan fingerprint density at radius 2 is 1.72 bits per heavy atom. The number of carbonyl (C=O) groups is 3. The van der Waals surface area contributed by atoms with Gasteiger partial charge in [-0.1, -0.05) is 12.1 Å². The Morgan fingerprint density at radius 1 is 1.03 bits per heavy atom. The Morgan fingerprint density at radius 3 is 2.28 bits per heavy atom. The van der Waals surface area contributed by atoms with Crippen LogP contribution < -0.4 is 4.74 Å². The molecule has 1 aliphatic heterocycles. The number of amides is 1. The predicted octanol–water partition coefficient (Wildman–Crippen LogP) is 1.20. The first-order valence-corrected chi connectivity index (χ1v) is 8.91. The van der Waals surface area contributed by atoms with Gasteiger partial charge in [-0.25, -0.2) is 9.59 Å². The quantitative estimate of drug-likeness (QED) is 0.734. The van der Waals surface area contributed by atoms with Crippen LogP contribution in [0.2, 0.25) is 0 Å². The van der Waals surface area contributed by atoms with Gasteiger partial charge < -0.3 is 19.8 Å². The molecule has 0 aliphatic carbocycles. The van der Waals surface area contributed by atoms with Gasteiger partial charge in [-0.3, -0.25) is 14.7 Å². The van der Waals surface area contributed by atoms with Crippen molar-refractivity contribution in [1.29, 1.82) is 0 Å². The summed E-state index contributed by atoms with van der Waals surface area (Å²) < 4.78 is 5.26. The number of aliphatic carboxylic acids is 2. The van der Waals surface area contributed by atoms with E-state index in [2.05, 4.69) is 22.0 Å². The number of benzene rings is 1. The molecular weight excluding hydrogens is 378 g/mol. The Bertz CT molecular complexity index is 823. The van der Waals surface area contributed by atoms with Gasteiger partial charge in [0.25, 0.3) is 5.91 Å². The number of hydrogen-bond acceptors (Lipinski definition) is 6. The minimum absolute atomic E-state index is 0.0686. The first kappa shape index (κ1) is 21.8. The summed E-state index contributed by atoms with van der Waals surface area (Å²) in [6.45, 7) is 4.13. The van der Waals surface area contributed by atoms with Crippen LogP contribution >= 0.6 is 0 Å². The molecule has 0 unspecified atom stereocenters. The lowest BCUT2D eigenvalue weighted by Crippen LogP contribution is -2.48. The van der Waals surface area contributed by atoms with Crippen LogP contribution in [0.3, 0.4) is 0 Å². The summed E-state index contributed by atoms with van der Waals surface area (Å²) in [6, 6.07) is 11.7. The lowest BCUT2D eigenvalue weighted by atomic mass is 10.1. The predicted molar refractivity (Wildman–Crippen MR) is 104 cm³/mol. The molecule has 2 aromatic rings. The van der Waals surface area contributed by atoms with Crippen molar-refractivity contribution in [3.8, 4) is 5.75 Å². The fraction of sp³-hybridized carbons (Fsp3) is 0.300. The van der Waals surface area contributed by atoms with Crippen molar-refractivity contribution in [1.82, 2.24) is 14.8 Å². The van der Waals surface area contributed by atoms with E-state index < -0.39 is 11.9 Å². The molecule has 9 nitrogen and oxygen atoms in total. The van der Waals surface area contributed by atoms with Gasteiger partial charge in [-0.15, -0.1) is 0 Å². The first-order valence-electron chi connectivity index (χ1n) is 8.91. The molecule has 0 atom stereocenters. The first-order chi connectivity index (χ1) is 13.9. The van der Waals surface area contributed by atoms with Gasteiger partial charge >= 0.3 is 11.9 Å². The van der Waals surface area contributed by atoms with Gasteiger partial charge in [-0.2, -0.15) is 0 Å². The van der Waals surface area contributed by atoms with Crippen molar-refractivity contribution in [3.63, 3.8) is 0 Å². The summed E-state index contributed by atoms with van der Waals surface area (Å²) in [5.41, 5.74) is 1.89. The molecule has 1 fully saturated rings. The second kappa shape index (κ2) is 10.8. The number of ether oxygens (including phenoxy) is 1. The number of pyridine rings is 1. The van der Waals surface area contributed by atoms with E-state index >= 15 is 0 Å². The van der Waals surface area contributed by atoms with Crippen LogP contribution in [-0.2, 0) is 16.1 Å². The number of rotatable bonds is 4. The van der Waals surface area contributed by atoms with Gasteiger partial charge in [0.1, 0.15) is 5.75 Å². The van der Waals surface area contributed by atoms with Crippen LogP contribution in [0.15, 0.2) is 48.8 Å². The molecule has 9 heteroatoms. The number of hydrogen-bond donors (Lipinski definition) is 2. The highest BCUT2D eigenvalue weighted by atomic mass is 16.5. The van der Waals surface area contributed by atoms with Crippen LogP contribution in [0.5, 0.6) is 5.75 Å². The molecule has 1 saturated heterocycles. The maximum atomic E-state index is 12.4. The number of carboxylic acids is 2. The van der Waals surface area contributed by atoms with Crippen molar-refractivity contribution in [2.24, 2.45) is 0 Å². The smallest absolute Gasteiger partial charge is 0.414 e. The zero-order valence-corrected chi connectivity index (χ0v) is 16.0. The van der Waals surface area contributed by atoms with Gasteiger partial charge in [0.15, 0.2) is 0 Å². The molecule has 0 saturated carbocycles. The largest absolute Gasteiger partial charge is 0.497 e. The van der Waals surface area contributed by atoms with Gasteiger partial charge in [0.2, 0.25) is 0 Å². The maximum absolute atomic E-state index is 12.4. The van der Waals surface area contributed by atoms with Crippen LogP contribution in [0.1, 0.15) is 15.9 Å². The van der Waals surface area contributed by atoms with Gasteiger partial charge in [0, 0.05) is 45.1 Å². The van der Waals surface area contributed by atoms with Crippen LogP contribution in [0.25, 0.3) is 0 Å². The zero-order valence-electron chi connectivity index (χ0n) is 16.0. The average Bonchev–Trinajstić information content (AvgIpc) is 2.75. The molecule has 0 spiro atoms. The van der Waals surface area contributed by atoms with Crippen molar-refractivity contribution in [2.75, 3.05) is 33.3 Å². The number of nitrogens with zero attached hydrogens (tertiary/aromatic N) is 3. The van der Waals surface area contributed by atoms with Crippen molar-refractivity contribution >= 4 is 17.8 Å². The second-order valence-corrected chi connectivity index (χ2v) is 6.27. The normalized spacial score (nSPS) is 13.8. The molecular formula is C20H23N3O6. The van der Waals surface area contributed by atoms with E-state index in [1.807, 2.05) is 23.1 Å². The Balaban J connectivity index is 0.000000438. The Kier molecular flexibility index (Phi) is 8.11. The fourth-order valence-electron chi connectivity index (χ4n) is 2.81. The van der Waals surface area contributed by atoms with E-state index in [1.165, 1.54) is 5.56 Å². The molecule has 154 valence electrons. The van der Waals surface area contributed by atoms with Crippen molar-refractivity contribution in [3.05, 3.63) is 59.9 Å². The molecule has 0 bridgehead atoms. The molecule has 2 N–H and O–H groups in total. The molecule has 3 rings (SSSR count). The summed E-state index contributed by atoms with van der Waals surface area (Å²) in [4.78, 5) is 38.9. The van der Waals surface area contributed by atoms with Crippen molar-refractivity contribution in [2.45, 2.75) is 6.54 Å². The standard InChI is InChI=1S/C18H21N3O2.C2H2O4/c1-23-17-6-2-4-15(12-17)14-20-8-10-21(11-9-20)18(22)16-5-3-7-19-13-16;3-1(4)2(5)6/h2-7,12-13H,8-11,14H2,1H3;(H,3,4)(H,5,6). The highest BCUT2D eigenvalue weighted by Crippen LogP contribution is 2.16. The topological polar surface area (TPSA) is 120 Å². The Labute approximate surface area is 168 Å². The van der Waals surface area contributed by atoms with Crippen LogP contribution in [0.4, 0.5) is 0 Å². The van der Waals surface area contributed by atoms with E-state index in [-0.39, 0.29) is 5.91 Å². The summed E-state index contributed by atoms with van der Waals surface area (Å²) in [5, 5.41) is 14.8. The number of carboxylic acid groups (broad SMARTS) is 2. The SMILES string of the molecule is COc1cccc(CN2CCN(C(=O)c3cccnc3)CC2)c1.O=C(O)C(=O)O. The second-order valence-electron chi connectivity index (χ2n) is 6.27. The molecule has 1 amide bonds. The summed E-state index contributed by atoms with van der Waals surface area (Å²) >= 11 is 0. The maximum Gasteiger partial charge on any atom is 0.414 e. The summed E-state index contributed by atoms with van der Waals surface area (Å²) in [5.74, 6) is -2.70. The van der Waals surface area contributed by atoms with Crippen molar-refractivity contribution < 1.29 is 29.3 Å². The molecule has 1 aromatic heterocycles. The lowest BCUT2D eigenvalue weighted by molar-refractivity contribution is -0.159. The van der Waals surface area contributed by atoms with E-state index in [9.17, 15) is 4.79 Å². The molecule has 29 heavy (non-hydrogen) atoms. The number of piperazine rings is 1. The number of methoxy groups -OCH3 is 1. The summed E-state index contributed by atoms with van der Waals surface area (Å²) in [6.07, 6.45) is 3.31. The molecule has 1 aromatic carbocycles. The minimum Gasteiger partial charge on any atom is -0.497 e. The van der Waals surface area contributed by atoms with E-state index in [0.717, 1.165) is 38.5 Å². The van der Waals surface area contributed by atoms with E-state index in [0.29, 0.717) is 5.56 Å². The third kappa shape index (κ3) is 6.89. The molecule has 0 radical (unpaired) electrons. The molecule has 1 aliphatic rings. The highest BCUT2D eigenvalue weighted by Gasteiger charge is 2.22. The monoisotopic (exact) mass is 401 g/mol. The Hall–Kier alpha value is -3.46. The number of aromatic nitrogens is 1. The van der Waals surface area contributed by atoms with E-state index in [4.69, 9.17) is 24.5 Å². The van der Waals surface area contributed by atoms with Gasteiger partial charge in [-0.05, 0) is 29.8 Å². The van der Waals surface area contributed by atoms with Gasteiger partial charge in [0.05, 0.1) is 12.7 Å². The summed E-state index contributed by atoms with van der Waals surface area (Å²) in [7, 11) is 1.68. The highest BCUT2D eigenvalue weighted by molar-refractivity contribution is 6.27. The fourth-order valence-corrected chi connectivity index (χ4v) is 2.81.